The number of nitrogens with zero attached hydrogens (tertiary/aromatic N) is 2. The molecule has 2 heterocycles. The number of ether oxygens (including phenoxy) is 4. The highest BCUT2D eigenvalue weighted by Gasteiger charge is 2.15. The highest BCUT2D eigenvalue weighted by molar-refractivity contribution is 5.79. The van der Waals surface area contributed by atoms with Gasteiger partial charge in [0.05, 0.1) is 0 Å². The number of benzene rings is 1. The summed E-state index contributed by atoms with van der Waals surface area (Å²) in [5.74, 6) is 3.19. The van der Waals surface area contributed by atoms with Crippen molar-refractivity contribution in [3.05, 3.63) is 23.8 Å². The van der Waals surface area contributed by atoms with Crippen LogP contribution >= 0.6 is 0 Å². The molecule has 7 nitrogen and oxygen atoms in total. The van der Waals surface area contributed by atoms with Gasteiger partial charge in [0.2, 0.25) is 6.79 Å². The minimum Gasteiger partial charge on any atom is -0.454 e. The largest absolute Gasteiger partial charge is 0.454 e. The summed E-state index contributed by atoms with van der Waals surface area (Å²) in [4.78, 5) is 6.87. The van der Waals surface area contributed by atoms with Gasteiger partial charge in [-0.2, -0.15) is 0 Å². The van der Waals surface area contributed by atoms with Crippen LogP contribution in [0.2, 0.25) is 0 Å². The van der Waals surface area contributed by atoms with Crippen LogP contribution < -0.4 is 14.8 Å². The summed E-state index contributed by atoms with van der Waals surface area (Å²) < 4.78 is 22.1. The molecule has 3 rings (SSSR count). The quantitative estimate of drug-likeness (QED) is 0.397. The Morgan fingerprint density at radius 3 is 2.89 bits per heavy atom. The van der Waals surface area contributed by atoms with E-state index in [0.29, 0.717) is 12.7 Å². The van der Waals surface area contributed by atoms with E-state index < -0.39 is 0 Å². The summed E-state index contributed by atoms with van der Waals surface area (Å²) in [5, 5.41) is 3.36. The van der Waals surface area contributed by atoms with E-state index in [1.807, 2.05) is 19.2 Å². The molecule has 1 fully saturated rings. The second-order valence-electron chi connectivity index (χ2n) is 7.26. The van der Waals surface area contributed by atoms with Crippen LogP contribution in [0.3, 0.4) is 0 Å². The topological polar surface area (TPSA) is 64.6 Å². The molecule has 1 aromatic rings. The third kappa shape index (κ3) is 6.27. The molecule has 0 amide bonds. The summed E-state index contributed by atoms with van der Waals surface area (Å²) >= 11 is 0. The van der Waals surface area contributed by atoms with Crippen LogP contribution in [-0.4, -0.2) is 64.2 Å². The summed E-state index contributed by atoms with van der Waals surface area (Å²) in [6.45, 7) is 8.08. The van der Waals surface area contributed by atoms with Crippen LogP contribution in [0.4, 0.5) is 0 Å². The number of hydrogen-bond donors (Lipinski definition) is 1. The van der Waals surface area contributed by atoms with Crippen LogP contribution in [-0.2, 0) is 16.0 Å². The van der Waals surface area contributed by atoms with Gasteiger partial charge < -0.3 is 29.2 Å². The molecule has 0 spiro atoms. The molecule has 1 aromatic carbocycles. The molecule has 0 bridgehead atoms. The van der Waals surface area contributed by atoms with Crippen molar-refractivity contribution in [3.63, 3.8) is 0 Å². The van der Waals surface area contributed by atoms with Gasteiger partial charge in [0.1, 0.15) is 0 Å². The Morgan fingerprint density at radius 2 is 2.07 bits per heavy atom. The van der Waals surface area contributed by atoms with E-state index in [1.54, 1.807) is 0 Å². The van der Waals surface area contributed by atoms with E-state index in [2.05, 4.69) is 23.2 Å². The maximum absolute atomic E-state index is 5.83. The average molecular weight is 392 g/mol. The second-order valence-corrected chi connectivity index (χ2v) is 7.26. The third-order valence-corrected chi connectivity index (χ3v) is 4.96. The second kappa shape index (κ2) is 11.1. The van der Waals surface area contributed by atoms with Gasteiger partial charge in [-0.05, 0) is 49.8 Å². The van der Waals surface area contributed by atoms with Crippen molar-refractivity contribution in [1.82, 2.24) is 10.2 Å². The lowest BCUT2D eigenvalue weighted by molar-refractivity contribution is 0.0205. The Morgan fingerprint density at radius 1 is 1.25 bits per heavy atom. The third-order valence-electron chi connectivity index (χ3n) is 4.96. The zero-order valence-corrected chi connectivity index (χ0v) is 17.1. The molecule has 2 aliphatic rings. The van der Waals surface area contributed by atoms with Gasteiger partial charge in [0.25, 0.3) is 0 Å². The molecule has 0 saturated carbocycles. The van der Waals surface area contributed by atoms with Crippen molar-refractivity contribution >= 4 is 5.96 Å². The van der Waals surface area contributed by atoms with Gasteiger partial charge in [-0.3, -0.25) is 4.99 Å². The molecule has 7 heteroatoms. The number of fused-ring (bicyclic) bond motifs is 1. The summed E-state index contributed by atoms with van der Waals surface area (Å²) in [5.41, 5.74) is 1.16. The molecule has 1 N–H and O–H groups in total. The molecule has 0 atom stereocenters. The highest BCUT2D eigenvalue weighted by Crippen LogP contribution is 2.32. The van der Waals surface area contributed by atoms with Crippen molar-refractivity contribution in [2.75, 3.05) is 53.4 Å². The first kappa shape index (κ1) is 20.7. The lowest BCUT2D eigenvalue weighted by Gasteiger charge is -2.22. The van der Waals surface area contributed by atoms with Crippen molar-refractivity contribution in [2.45, 2.75) is 32.7 Å². The molecule has 156 valence electrons. The van der Waals surface area contributed by atoms with E-state index in [-0.39, 0.29) is 0 Å². The summed E-state index contributed by atoms with van der Waals surface area (Å²) in [6.07, 6.45) is 3.16. The Kier molecular flexibility index (Phi) is 8.23. The van der Waals surface area contributed by atoms with Crippen LogP contribution in [0.5, 0.6) is 11.5 Å². The van der Waals surface area contributed by atoms with Crippen LogP contribution in [0.25, 0.3) is 0 Å². The van der Waals surface area contributed by atoms with Crippen LogP contribution in [0.1, 0.15) is 31.7 Å². The minimum atomic E-state index is 0.301. The fourth-order valence-electron chi connectivity index (χ4n) is 3.37. The molecule has 0 unspecified atom stereocenters. The normalized spacial score (nSPS) is 17.0. The van der Waals surface area contributed by atoms with Gasteiger partial charge in [-0.1, -0.05) is 6.07 Å². The standard InChI is InChI=1S/C21H33N3O4/c1-3-22-21(23-9-4-10-26-15-17-7-11-25-12-8-17)24(2)14-18-5-6-19-20(13-18)28-16-27-19/h5-6,13,17H,3-4,7-12,14-16H2,1-2H3,(H,22,23). The van der Waals surface area contributed by atoms with Crippen molar-refractivity contribution < 1.29 is 18.9 Å². The van der Waals surface area contributed by atoms with E-state index in [0.717, 1.165) is 88.3 Å². The molecule has 28 heavy (non-hydrogen) atoms. The maximum atomic E-state index is 5.83. The number of hydrogen-bond acceptors (Lipinski definition) is 5. The zero-order chi connectivity index (χ0) is 19.6. The van der Waals surface area contributed by atoms with Gasteiger partial charge in [0, 0.05) is 53.1 Å². The molecule has 0 aliphatic carbocycles. The van der Waals surface area contributed by atoms with E-state index in [9.17, 15) is 0 Å². The Bertz CT molecular complexity index is 632. The summed E-state index contributed by atoms with van der Waals surface area (Å²) in [7, 11) is 2.05. The van der Waals surface area contributed by atoms with E-state index >= 15 is 0 Å². The van der Waals surface area contributed by atoms with Gasteiger partial charge in [-0.25, -0.2) is 0 Å². The number of rotatable bonds is 9. The van der Waals surface area contributed by atoms with Gasteiger partial charge in [-0.15, -0.1) is 0 Å². The van der Waals surface area contributed by atoms with Crippen molar-refractivity contribution in [3.8, 4) is 11.5 Å². The smallest absolute Gasteiger partial charge is 0.231 e. The average Bonchev–Trinajstić information content (AvgIpc) is 3.18. The highest BCUT2D eigenvalue weighted by atomic mass is 16.7. The summed E-state index contributed by atoms with van der Waals surface area (Å²) in [6, 6.07) is 6.07. The minimum absolute atomic E-state index is 0.301. The molecular formula is C21H33N3O4. The molecule has 0 aromatic heterocycles. The van der Waals surface area contributed by atoms with E-state index in [4.69, 9.17) is 23.9 Å². The first-order chi connectivity index (χ1) is 13.8. The SMILES string of the molecule is CCNC(=NCCCOCC1CCOCC1)N(C)Cc1ccc2c(c1)OCO2. The predicted molar refractivity (Wildman–Crippen MR) is 109 cm³/mol. The Labute approximate surface area is 168 Å². The zero-order valence-electron chi connectivity index (χ0n) is 17.1. The molecule has 0 radical (unpaired) electrons. The number of guanidine groups is 1. The lowest BCUT2D eigenvalue weighted by Crippen LogP contribution is -2.38. The predicted octanol–water partition coefficient (Wildman–Crippen LogP) is 2.65. The van der Waals surface area contributed by atoms with Gasteiger partial charge in [0.15, 0.2) is 17.5 Å². The lowest BCUT2D eigenvalue weighted by atomic mass is 10.0. The Balaban J connectivity index is 1.41. The van der Waals surface area contributed by atoms with Crippen LogP contribution in [0.15, 0.2) is 23.2 Å². The van der Waals surface area contributed by atoms with E-state index in [1.165, 1.54) is 0 Å². The molecule has 1 saturated heterocycles. The van der Waals surface area contributed by atoms with Gasteiger partial charge >= 0.3 is 0 Å². The fourth-order valence-corrected chi connectivity index (χ4v) is 3.37. The Hall–Kier alpha value is -1.99. The van der Waals surface area contributed by atoms with Crippen molar-refractivity contribution in [2.24, 2.45) is 10.9 Å². The number of aliphatic imine (C=N–C) groups is 1. The maximum Gasteiger partial charge on any atom is 0.231 e. The fraction of sp³-hybridized carbons (Fsp3) is 0.667. The molecule has 2 aliphatic heterocycles. The first-order valence-corrected chi connectivity index (χ1v) is 10.3. The molecular weight excluding hydrogens is 358 g/mol. The monoisotopic (exact) mass is 391 g/mol. The number of nitrogens with one attached hydrogen (secondary N) is 1. The first-order valence-electron chi connectivity index (χ1n) is 10.3. The van der Waals surface area contributed by atoms with Crippen molar-refractivity contribution in [1.29, 1.82) is 0 Å². The van der Waals surface area contributed by atoms with Crippen LogP contribution in [0, 0.1) is 5.92 Å².